The van der Waals surface area contributed by atoms with Crippen LogP contribution in [0.5, 0.6) is 0 Å². The van der Waals surface area contributed by atoms with Crippen molar-refractivity contribution in [1.29, 1.82) is 0 Å². The Morgan fingerprint density at radius 2 is 1.42 bits per heavy atom. The molecule has 2 aromatic heterocycles. The molecular weight excluding hydrogens is 472 g/mol. The molecule has 6 rings (SSSR count). The van der Waals surface area contributed by atoms with E-state index in [-0.39, 0.29) is 6.17 Å². The lowest BCUT2D eigenvalue weighted by atomic mass is 10.0. The van der Waals surface area contributed by atoms with Gasteiger partial charge in [-0.05, 0) is 57.9 Å². The molecule has 38 heavy (non-hydrogen) atoms. The minimum atomic E-state index is -0.514. The van der Waals surface area contributed by atoms with E-state index in [4.69, 9.17) is 19.9 Å². The van der Waals surface area contributed by atoms with Crippen LogP contribution < -0.4 is 19.6 Å². The van der Waals surface area contributed by atoms with Crippen LogP contribution in [-0.4, -0.2) is 45.9 Å². The molecule has 0 saturated carbocycles. The summed E-state index contributed by atoms with van der Waals surface area (Å²) in [5.74, 6) is 3.44. The molecule has 4 heterocycles. The molecule has 194 valence electrons. The van der Waals surface area contributed by atoms with Crippen LogP contribution >= 0.6 is 0 Å². The Morgan fingerprint density at radius 1 is 0.763 bits per heavy atom. The number of hydrogen-bond donors (Lipinski definition) is 0. The summed E-state index contributed by atoms with van der Waals surface area (Å²) in [6, 6.07) is 16.9. The van der Waals surface area contributed by atoms with Crippen molar-refractivity contribution in [3.63, 3.8) is 0 Å². The van der Waals surface area contributed by atoms with E-state index in [1.165, 1.54) is 11.1 Å². The number of nitrogens with zero attached hydrogens (tertiary/aromatic N) is 8. The van der Waals surface area contributed by atoms with E-state index >= 15 is 0 Å². The smallest absolute Gasteiger partial charge is 0.178 e. The van der Waals surface area contributed by atoms with E-state index in [9.17, 15) is 0 Å². The highest BCUT2D eigenvalue weighted by Gasteiger charge is 2.48. The number of hydrogen-bond acceptors (Lipinski definition) is 8. The molecule has 0 saturated heterocycles. The molecule has 0 amide bonds. The van der Waals surface area contributed by atoms with Gasteiger partial charge in [-0.2, -0.15) is 0 Å². The fraction of sp³-hybridized carbons (Fsp3) is 0.333. The van der Waals surface area contributed by atoms with Crippen molar-refractivity contribution < 1.29 is 0 Å². The SMILES string of the molecule is Cc1cnc2c(n1)N(c1ccccc1C)C(C)(Cc1ncc3c(n1)N(c1ccccc1C)C(C)N3C)N2C. The van der Waals surface area contributed by atoms with Gasteiger partial charge in [-0.1, -0.05) is 36.4 Å². The van der Waals surface area contributed by atoms with Crippen molar-refractivity contribution in [3.05, 3.63) is 83.6 Å². The van der Waals surface area contributed by atoms with E-state index in [0.29, 0.717) is 6.42 Å². The summed E-state index contributed by atoms with van der Waals surface area (Å²) in [5.41, 5.74) is 6.08. The van der Waals surface area contributed by atoms with E-state index in [1.807, 2.05) is 19.3 Å². The van der Waals surface area contributed by atoms with E-state index in [0.717, 1.165) is 46.0 Å². The molecule has 4 aromatic rings. The van der Waals surface area contributed by atoms with Crippen molar-refractivity contribution in [2.45, 2.75) is 52.9 Å². The number of benzene rings is 2. The topological polar surface area (TPSA) is 64.5 Å². The first-order valence-electron chi connectivity index (χ1n) is 13.1. The number of aromatic nitrogens is 4. The highest BCUT2D eigenvalue weighted by atomic mass is 15.5. The second kappa shape index (κ2) is 8.68. The Bertz CT molecular complexity index is 1530. The quantitative estimate of drug-likeness (QED) is 0.351. The Hall–Kier alpha value is -4.20. The summed E-state index contributed by atoms with van der Waals surface area (Å²) < 4.78 is 0. The minimum absolute atomic E-state index is 0.129. The third kappa shape index (κ3) is 3.50. The van der Waals surface area contributed by atoms with Crippen molar-refractivity contribution in [2.75, 3.05) is 33.7 Å². The first-order valence-corrected chi connectivity index (χ1v) is 13.1. The highest BCUT2D eigenvalue weighted by molar-refractivity contribution is 5.82. The lowest BCUT2D eigenvalue weighted by Gasteiger charge is -2.41. The third-order valence-corrected chi connectivity index (χ3v) is 8.16. The van der Waals surface area contributed by atoms with Crippen molar-refractivity contribution in [2.24, 2.45) is 0 Å². The predicted octanol–water partition coefficient (Wildman–Crippen LogP) is 5.67. The molecule has 2 aliphatic heterocycles. The normalized spacial score (nSPS) is 20.2. The first kappa shape index (κ1) is 24.2. The summed E-state index contributed by atoms with van der Waals surface area (Å²) >= 11 is 0. The van der Waals surface area contributed by atoms with E-state index in [2.05, 4.69) is 110 Å². The molecule has 2 aliphatic rings. The van der Waals surface area contributed by atoms with Gasteiger partial charge >= 0.3 is 0 Å². The fourth-order valence-corrected chi connectivity index (χ4v) is 5.75. The van der Waals surface area contributed by atoms with Gasteiger partial charge in [0.2, 0.25) is 0 Å². The minimum Gasteiger partial charge on any atom is -0.350 e. The standard InChI is InChI=1S/C30H34N8/c1-19-12-8-10-14-23(19)37-22(4)35(6)25-18-31-26(34-27(25)37)16-30(5)36(7)28-29(33-21(3)17-32-28)38(30)24-15-11-9-13-20(24)2/h8-15,17-18,22H,16H2,1-7H3. The summed E-state index contributed by atoms with van der Waals surface area (Å²) in [4.78, 5) is 28.9. The Kier molecular flexibility index (Phi) is 5.52. The number of likely N-dealkylation sites (N-methyl/N-ethyl adjacent to an activating group) is 1. The number of rotatable bonds is 4. The molecule has 2 unspecified atom stereocenters. The Morgan fingerprint density at radius 3 is 2.11 bits per heavy atom. The van der Waals surface area contributed by atoms with Gasteiger partial charge in [0.25, 0.3) is 0 Å². The summed E-state index contributed by atoms with van der Waals surface area (Å²) in [6.45, 7) is 10.7. The maximum Gasteiger partial charge on any atom is 0.178 e. The molecule has 2 atom stereocenters. The zero-order chi connectivity index (χ0) is 26.8. The van der Waals surface area contributed by atoms with E-state index < -0.39 is 5.66 Å². The third-order valence-electron chi connectivity index (χ3n) is 8.16. The first-order chi connectivity index (χ1) is 18.2. The maximum absolute atomic E-state index is 5.21. The predicted molar refractivity (Wildman–Crippen MR) is 154 cm³/mol. The lowest BCUT2D eigenvalue weighted by Crippen LogP contribution is -2.53. The fourth-order valence-electron chi connectivity index (χ4n) is 5.75. The van der Waals surface area contributed by atoms with Gasteiger partial charge in [0.05, 0.1) is 18.1 Å². The molecule has 8 nitrogen and oxygen atoms in total. The van der Waals surface area contributed by atoms with Crippen molar-refractivity contribution in [3.8, 4) is 0 Å². The molecule has 0 N–H and O–H groups in total. The van der Waals surface area contributed by atoms with Crippen LogP contribution in [0.15, 0.2) is 60.9 Å². The Balaban J connectivity index is 1.46. The second-order valence-corrected chi connectivity index (χ2v) is 10.6. The monoisotopic (exact) mass is 506 g/mol. The number of para-hydroxylation sites is 2. The van der Waals surface area contributed by atoms with E-state index in [1.54, 1.807) is 0 Å². The molecule has 8 heteroatoms. The lowest BCUT2D eigenvalue weighted by molar-refractivity contribution is 0.455. The van der Waals surface area contributed by atoms with Crippen molar-refractivity contribution >= 4 is 34.5 Å². The molecule has 0 bridgehead atoms. The van der Waals surface area contributed by atoms with Crippen LogP contribution in [0, 0.1) is 20.8 Å². The summed E-state index contributed by atoms with van der Waals surface area (Å²) in [7, 11) is 4.19. The van der Waals surface area contributed by atoms with Crippen LogP contribution in [0.25, 0.3) is 0 Å². The average Bonchev–Trinajstić information content (AvgIpc) is 3.26. The Labute approximate surface area is 224 Å². The molecule has 0 spiro atoms. The zero-order valence-corrected chi connectivity index (χ0v) is 23.1. The number of aryl methyl sites for hydroxylation is 3. The zero-order valence-electron chi connectivity index (χ0n) is 23.1. The van der Waals surface area contributed by atoms with Crippen LogP contribution in [0.1, 0.15) is 36.5 Å². The molecule has 2 aromatic carbocycles. The molecule has 0 radical (unpaired) electrons. The summed E-state index contributed by atoms with van der Waals surface area (Å²) in [5, 5.41) is 0. The maximum atomic E-state index is 5.21. The second-order valence-electron chi connectivity index (χ2n) is 10.6. The van der Waals surface area contributed by atoms with Gasteiger partial charge in [-0.25, -0.2) is 19.9 Å². The molecule has 0 fully saturated rings. The number of fused-ring (bicyclic) bond motifs is 2. The largest absolute Gasteiger partial charge is 0.350 e. The summed E-state index contributed by atoms with van der Waals surface area (Å²) in [6.07, 6.45) is 4.52. The van der Waals surface area contributed by atoms with Gasteiger partial charge in [0, 0.05) is 31.9 Å². The molecular formula is C30H34N8. The van der Waals surface area contributed by atoms with Gasteiger partial charge in [0.1, 0.15) is 23.3 Å². The van der Waals surface area contributed by atoms with Gasteiger partial charge in [-0.15, -0.1) is 0 Å². The van der Waals surface area contributed by atoms with Crippen LogP contribution in [-0.2, 0) is 6.42 Å². The van der Waals surface area contributed by atoms with Gasteiger partial charge < -0.3 is 14.7 Å². The average molecular weight is 507 g/mol. The van der Waals surface area contributed by atoms with Crippen LogP contribution in [0.3, 0.4) is 0 Å². The van der Waals surface area contributed by atoms with Gasteiger partial charge in [0.15, 0.2) is 17.5 Å². The highest BCUT2D eigenvalue weighted by Crippen LogP contribution is 2.49. The van der Waals surface area contributed by atoms with Crippen LogP contribution in [0.2, 0.25) is 0 Å². The number of anilines is 6. The van der Waals surface area contributed by atoms with Crippen LogP contribution in [0.4, 0.5) is 34.5 Å². The molecule has 0 aliphatic carbocycles. The van der Waals surface area contributed by atoms with Crippen molar-refractivity contribution in [1.82, 2.24) is 19.9 Å². The van der Waals surface area contributed by atoms with Gasteiger partial charge in [-0.3, -0.25) is 4.90 Å².